The number of hydrogen-bond donors (Lipinski definition) is 2. The van der Waals surface area contributed by atoms with Crippen LogP contribution in [0.5, 0.6) is 0 Å². The third kappa shape index (κ3) is 6.42. The van der Waals surface area contributed by atoms with Gasteiger partial charge >= 0.3 is 0 Å². The Hall–Kier alpha value is -1.19. The summed E-state index contributed by atoms with van der Waals surface area (Å²) in [6, 6.07) is 12.6. The van der Waals surface area contributed by atoms with Gasteiger partial charge in [-0.2, -0.15) is 0 Å². The fraction of sp³-hybridized carbons (Fsp3) is 0.400. The zero-order valence-corrected chi connectivity index (χ0v) is 20.1. The molecule has 2 N–H and O–H groups in total. The van der Waals surface area contributed by atoms with Gasteiger partial charge in [0.1, 0.15) is 5.82 Å². The number of aliphatic imine (C=N–C) groups is 1. The van der Waals surface area contributed by atoms with Gasteiger partial charge in [-0.25, -0.2) is 9.98 Å². The standard InChI is InChI=1S/C20H26ClN5S.HI/c1-3-22-20(24-13-15-6-8-17(27-2)9-7-15)25-16-10-12-26(14-16)19-18(21)5-4-11-23-19;/h4-9,11,16H,3,10,12-14H2,1-2H3,(H2,22,24,25);1H. The van der Waals surface area contributed by atoms with Crippen molar-refractivity contribution in [1.82, 2.24) is 15.6 Å². The second kappa shape index (κ2) is 11.7. The molecular formula is C20H27ClIN5S. The van der Waals surface area contributed by atoms with Crippen LogP contribution in [0.1, 0.15) is 18.9 Å². The molecule has 1 unspecified atom stereocenters. The largest absolute Gasteiger partial charge is 0.357 e. The second-order valence-electron chi connectivity index (χ2n) is 6.43. The van der Waals surface area contributed by atoms with E-state index in [1.165, 1.54) is 10.5 Å². The minimum atomic E-state index is 0. The molecule has 152 valence electrons. The Labute approximate surface area is 193 Å². The lowest BCUT2D eigenvalue weighted by atomic mass is 10.2. The number of rotatable bonds is 6. The molecule has 1 aliphatic heterocycles. The zero-order chi connectivity index (χ0) is 19.1. The number of guanidine groups is 1. The molecule has 1 atom stereocenters. The fourth-order valence-corrected chi connectivity index (χ4v) is 3.74. The van der Waals surface area contributed by atoms with E-state index in [-0.39, 0.29) is 24.0 Å². The molecule has 5 nitrogen and oxygen atoms in total. The summed E-state index contributed by atoms with van der Waals surface area (Å²) in [4.78, 5) is 12.7. The van der Waals surface area contributed by atoms with E-state index in [0.717, 1.165) is 37.8 Å². The fourth-order valence-electron chi connectivity index (χ4n) is 3.10. The molecule has 0 amide bonds. The molecule has 3 rings (SSSR count). The summed E-state index contributed by atoms with van der Waals surface area (Å²) < 4.78 is 0. The van der Waals surface area contributed by atoms with E-state index in [4.69, 9.17) is 16.6 Å². The van der Waals surface area contributed by atoms with E-state index in [1.54, 1.807) is 18.0 Å². The summed E-state index contributed by atoms with van der Waals surface area (Å²) in [5.74, 6) is 1.71. The van der Waals surface area contributed by atoms with E-state index >= 15 is 0 Å². The van der Waals surface area contributed by atoms with Crippen molar-refractivity contribution in [3.63, 3.8) is 0 Å². The van der Waals surface area contributed by atoms with Crippen LogP contribution >= 0.6 is 47.3 Å². The van der Waals surface area contributed by atoms with Gasteiger partial charge in [0, 0.05) is 36.8 Å². The minimum Gasteiger partial charge on any atom is -0.357 e. The van der Waals surface area contributed by atoms with Gasteiger partial charge in [0.2, 0.25) is 0 Å². The highest BCUT2D eigenvalue weighted by atomic mass is 127. The third-order valence-corrected chi connectivity index (χ3v) is 5.53. The number of nitrogens with one attached hydrogen (secondary N) is 2. The molecule has 0 spiro atoms. The van der Waals surface area contributed by atoms with Crippen molar-refractivity contribution in [2.45, 2.75) is 30.8 Å². The first kappa shape index (κ1) is 23.1. The number of thioether (sulfide) groups is 1. The van der Waals surface area contributed by atoms with Gasteiger partial charge in [0.15, 0.2) is 5.96 Å². The molecule has 8 heteroatoms. The van der Waals surface area contributed by atoms with Crippen LogP contribution < -0.4 is 15.5 Å². The maximum absolute atomic E-state index is 6.28. The molecular weight excluding hydrogens is 505 g/mol. The Kier molecular flexibility index (Phi) is 9.67. The highest BCUT2D eigenvalue weighted by molar-refractivity contribution is 14.0. The average Bonchev–Trinajstić information content (AvgIpc) is 3.15. The van der Waals surface area contributed by atoms with E-state index in [1.807, 2.05) is 12.1 Å². The van der Waals surface area contributed by atoms with Crippen molar-refractivity contribution in [3.05, 3.63) is 53.2 Å². The van der Waals surface area contributed by atoms with Crippen molar-refractivity contribution < 1.29 is 0 Å². The predicted octanol–water partition coefficient (Wildman–Crippen LogP) is 4.41. The summed E-state index contributed by atoms with van der Waals surface area (Å²) in [6.07, 6.45) is 4.90. The topological polar surface area (TPSA) is 52.6 Å². The first-order valence-electron chi connectivity index (χ1n) is 9.23. The summed E-state index contributed by atoms with van der Waals surface area (Å²) >= 11 is 8.04. The summed E-state index contributed by atoms with van der Waals surface area (Å²) in [7, 11) is 0. The average molecular weight is 532 g/mol. The van der Waals surface area contributed by atoms with E-state index in [0.29, 0.717) is 17.6 Å². The summed E-state index contributed by atoms with van der Waals surface area (Å²) in [6.45, 7) is 5.37. The zero-order valence-electron chi connectivity index (χ0n) is 16.2. The molecule has 1 aromatic carbocycles. The third-order valence-electron chi connectivity index (χ3n) is 4.49. The number of anilines is 1. The number of pyridine rings is 1. The second-order valence-corrected chi connectivity index (χ2v) is 7.71. The van der Waals surface area contributed by atoms with Gasteiger partial charge in [-0.3, -0.25) is 0 Å². The van der Waals surface area contributed by atoms with Crippen LogP contribution in [0.25, 0.3) is 0 Å². The minimum absolute atomic E-state index is 0. The molecule has 1 aliphatic rings. The molecule has 1 aromatic heterocycles. The van der Waals surface area contributed by atoms with Crippen LogP contribution in [0.3, 0.4) is 0 Å². The van der Waals surface area contributed by atoms with Crippen molar-refractivity contribution in [3.8, 4) is 0 Å². The summed E-state index contributed by atoms with van der Waals surface area (Å²) in [5.41, 5.74) is 1.21. The molecule has 0 bridgehead atoms. The SMILES string of the molecule is CCNC(=NCc1ccc(SC)cc1)NC1CCN(c2ncccc2Cl)C1.I. The van der Waals surface area contributed by atoms with Gasteiger partial charge in [0.05, 0.1) is 11.6 Å². The van der Waals surface area contributed by atoms with Gasteiger partial charge in [0.25, 0.3) is 0 Å². The van der Waals surface area contributed by atoms with Crippen molar-refractivity contribution >= 4 is 59.1 Å². The molecule has 1 saturated heterocycles. The number of benzene rings is 1. The van der Waals surface area contributed by atoms with E-state index in [9.17, 15) is 0 Å². The monoisotopic (exact) mass is 531 g/mol. The molecule has 2 heterocycles. The van der Waals surface area contributed by atoms with Crippen LogP contribution in [-0.4, -0.2) is 42.9 Å². The molecule has 0 saturated carbocycles. The van der Waals surface area contributed by atoms with Gasteiger partial charge < -0.3 is 15.5 Å². The first-order valence-corrected chi connectivity index (χ1v) is 10.8. The molecule has 28 heavy (non-hydrogen) atoms. The number of halogens is 2. The van der Waals surface area contributed by atoms with E-state index < -0.39 is 0 Å². The van der Waals surface area contributed by atoms with Crippen LogP contribution in [0.2, 0.25) is 5.02 Å². The molecule has 0 aliphatic carbocycles. The lowest BCUT2D eigenvalue weighted by Gasteiger charge is -2.20. The highest BCUT2D eigenvalue weighted by Gasteiger charge is 2.25. The number of nitrogens with zero attached hydrogens (tertiary/aromatic N) is 3. The van der Waals surface area contributed by atoms with Crippen molar-refractivity contribution in [1.29, 1.82) is 0 Å². The first-order chi connectivity index (χ1) is 13.2. The van der Waals surface area contributed by atoms with E-state index in [2.05, 4.69) is 58.0 Å². The molecule has 2 aromatic rings. The van der Waals surface area contributed by atoms with Crippen LogP contribution in [0, 0.1) is 0 Å². The summed E-state index contributed by atoms with van der Waals surface area (Å²) in [5, 5.41) is 7.60. The number of hydrogen-bond acceptors (Lipinski definition) is 4. The Morgan fingerprint density at radius 1 is 1.32 bits per heavy atom. The normalized spacial score (nSPS) is 16.6. The quantitative estimate of drug-likeness (QED) is 0.250. The van der Waals surface area contributed by atoms with Crippen LogP contribution in [0.15, 0.2) is 52.5 Å². The highest BCUT2D eigenvalue weighted by Crippen LogP contribution is 2.25. The molecule has 1 fully saturated rings. The Morgan fingerprint density at radius 2 is 2.11 bits per heavy atom. The maximum atomic E-state index is 6.28. The lowest BCUT2D eigenvalue weighted by Crippen LogP contribution is -2.44. The van der Waals surface area contributed by atoms with Gasteiger partial charge in [-0.05, 0) is 49.4 Å². The Morgan fingerprint density at radius 3 is 2.79 bits per heavy atom. The smallest absolute Gasteiger partial charge is 0.191 e. The van der Waals surface area contributed by atoms with Gasteiger partial charge in [-0.1, -0.05) is 23.7 Å². The predicted molar refractivity (Wildman–Crippen MR) is 131 cm³/mol. The number of aromatic nitrogens is 1. The Bertz CT molecular complexity index is 771. The lowest BCUT2D eigenvalue weighted by molar-refractivity contribution is 0.649. The maximum Gasteiger partial charge on any atom is 0.191 e. The van der Waals surface area contributed by atoms with Gasteiger partial charge in [-0.15, -0.1) is 35.7 Å². The van der Waals surface area contributed by atoms with Crippen LogP contribution in [0.4, 0.5) is 5.82 Å². The molecule has 0 radical (unpaired) electrons. The van der Waals surface area contributed by atoms with Crippen molar-refractivity contribution in [2.24, 2.45) is 4.99 Å². The van der Waals surface area contributed by atoms with Crippen LogP contribution in [-0.2, 0) is 6.54 Å². The van der Waals surface area contributed by atoms with Crippen molar-refractivity contribution in [2.75, 3.05) is 30.8 Å². The Balaban J connectivity index is 0.00000280.